The van der Waals surface area contributed by atoms with Crippen LogP contribution in [-0.2, 0) is 0 Å². The second-order valence-corrected chi connectivity index (χ2v) is 2.63. The van der Waals surface area contributed by atoms with E-state index >= 15 is 0 Å². The van der Waals surface area contributed by atoms with Crippen molar-refractivity contribution in [3.63, 3.8) is 0 Å². The van der Waals surface area contributed by atoms with Crippen LogP contribution in [0.15, 0.2) is 12.7 Å². The van der Waals surface area contributed by atoms with Crippen LogP contribution in [0.5, 0.6) is 0 Å². The first kappa shape index (κ1) is 18.4. The summed E-state index contributed by atoms with van der Waals surface area (Å²) in [5.74, 6) is 0. The summed E-state index contributed by atoms with van der Waals surface area (Å²) in [6.45, 7) is 10.6. The Morgan fingerprint density at radius 3 is 1.62 bits per heavy atom. The molecule has 13 heavy (non-hydrogen) atoms. The van der Waals surface area contributed by atoms with Crippen molar-refractivity contribution >= 4 is 0 Å². The molecule has 3 N–H and O–H groups in total. The standard InChI is InChI=1S/C4H11N.C4H10O.C3H6/c2*1-2-3-4-5;1-3-2/h2-5H2,1H3;5H,2-4H2,1H3;3H,1H2,2H3. The fourth-order valence-corrected chi connectivity index (χ4v) is 0.362. The van der Waals surface area contributed by atoms with Crippen LogP contribution in [0.2, 0.25) is 0 Å². The molecule has 0 heterocycles. The third kappa shape index (κ3) is 81.2. The molecule has 2 heteroatoms. The number of hydrogen-bond acceptors (Lipinski definition) is 2. The third-order valence-electron chi connectivity index (χ3n) is 1.07. The molecule has 0 saturated carbocycles. The highest BCUT2D eigenvalue weighted by atomic mass is 16.2. The fraction of sp³-hybridized carbons (Fsp3) is 0.818. The maximum Gasteiger partial charge on any atom is 0.0430 e. The molecule has 0 aliphatic rings. The Morgan fingerprint density at radius 2 is 1.62 bits per heavy atom. The molecule has 0 amide bonds. The molecule has 82 valence electrons. The van der Waals surface area contributed by atoms with Gasteiger partial charge in [0, 0.05) is 6.61 Å². The van der Waals surface area contributed by atoms with Crippen molar-refractivity contribution in [1.82, 2.24) is 0 Å². The van der Waals surface area contributed by atoms with Gasteiger partial charge in [0.2, 0.25) is 0 Å². The Kier molecular flexibility index (Phi) is 42.4. The van der Waals surface area contributed by atoms with Gasteiger partial charge in [0.1, 0.15) is 0 Å². The number of nitrogens with two attached hydrogens (primary N) is 1. The second-order valence-electron chi connectivity index (χ2n) is 2.63. The number of hydrogen-bond donors (Lipinski definition) is 2. The molecule has 2 nitrogen and oxygen atoms in total. The Morgan fingerprint density at radius 1 is 1.23 bits per heavy atom. The predicted molar refractivity (Wildman–Crippen MR) is 61.8 cm³/mol. The van der Waals surface area contributed by atoms with Crippen molar-refractivity contribution in [3.8, 4) is 0 Å². The molecule has 0 aliphatic carbocycles. The van der Waals surface area contributed by atoms with E-state index in [-0.39, 0.29) is 0 Å². The highest BCUT2D eigenvalue weighted by Crippen LogP contribution is 1.79. The van der Waals surface area contributed by atoms with E-state index in [9.17, 15) is 0 Å². The summed E-state index contributed by atoms with van der Waals surface area (Å²) in [5.41, 5.74) is 5.14. The number of allylic oxidation sites excluding steroid dienone is 1. The van der Waals surface area contributed by atoms with Crippen LogP contribution < -0.4 is 5.73 Å². The lowest BCUT2D eigenvalue weighted by atomic mass is 10.3. The van der Waals surface area contributed by atoms with Crippen LogP contribution in [0, 0.1) is 0 Å². The Labute approximate surface area is 83.8 Å². The van der Waals surface area contributed by atoms with Gasteiger partial charge in [0.05, 0.1) is 0 Å². The summed E-state index contributed by atoms with van der Waals surface area (Å²) in [6, 6.07) is 0. The fourth-order valence-electron chi connectivity index (χ4n) is 0.362. The average molecular weight is 189 g/mol. The molecule has 0 atom stereocenters. The topological polar surface area (TPSA) is 46.2 Å². The largest absolute Gasteiger partial charge is 0.396 e. The van der Waals surface area contributed by atoms with Crippen LogP contribution in [0.25, 0.3) is 0 Å². The molecule has 0 rings (SSSR count). The van der Waals surface area contributed by atoms with Crippen molar-refractivity contribution < 1.29 is 5.11 Å². The molecule has 0 bridgehead atoms. The van der Waals surface area contributed by atoms with E-state index in [1.165, 1.54) is 12.8 Å². The Balaban J connectivity index is -0.000000120. The molecule has 0 aromatic rings. The molecule has 0 radical (unpaired) electrons. The van der Waals surface area contributed by atoms with E-state index in [2.05, 4.69) is 20.4 Å². The van der Waals surface area contributed by atoms with Gasteiger partial charge in [-0.2, -0.15) is 0 Å². The minimum Gasteiger partial charge on any atom is -0.396 e. The number of rotatable bonds is 4. The summed E-state index contributed by atoms with van der Waals surface area (Å²) in [7, 11) is 0. The van der Waals surface area contributed by atoms with Gasteiger partial charge in [0.15, 0.2) is 0 Å². The lowest BCUT2D eigenvalue weighted by Crippen LogP contribution is -1.95. The summed E-state index contributed by atoms with van der Waals surface area (Å²) in [4.78, 5) is 0. The van der Waals surface area contributed by atoms with E-state index in [0.29, 0.717) is 6.61 Å². The quantitative estimate of drug-likeness (QED) is 0.668. The molecular formula is C11H27NO. The van der Waals surface area contributed by atoms with Gasteiger partial charge in [-0.25, -0.2) is 0 Å². The van der Waals surface area contributed by atoms with Crippen molar-refractivity contribution in [3.05, 3.63) is 12.7 Å². The van der Waals surface area contributed by atoms with E-state index < -0.39 is 0 Å². The molecule has 0 aromatic heterocycles. The Hall–Kier alpha value is -0.340. The van der Waals surface area contributed by atoms with Crippen LogP contribution in [0.3, 0.4) is 0 Å². The molecule has 0 unspecified atom stereocenters. The summed E-state index contributed by atoms with van der Waals surface area (Å²) in [6.07, 6.45) is 6.17. The highest BCUT2D eigenvalue weighted by molar-refractivity contribution is 4.51. The van der Waals surface area contributed by atoms with E-state index in [0.717, 1.165) is 19.4 Å². The van der Waals surface area contributed by atoms with E-state index in [1.807, 2.05) is 6.92 Å². The molecule has 0 aliphatic heterocycles. The SMILES string of the molecule is C=CC.CCCCN.CCCCO. The summed E-state index contributed by atoms with van der Waals surface area (Å²) in [5, 5.41) is 8.07. The zero-order chi connectivity index (χ0) is 10.9. The van der Waals surface area contributed by atoms with Crippen LogP contribution in [-0.4, -0.2) is 18.3 Å². The zero-order valence-corrected chi connectivity index (χ0v) is 9.55. The van der Waals surface area contributed by atoms with Crippen molar-refractivity contribution in [1.29, 1.82) is 0 Å². The minimum absolute atomic E-state index is 0.344. The van der Waals surface area contributed by atoms with Crippen molar-refractivity contribution in [2.45, 2.75) is 46.5 Å². The molecule has 0 aromatic carbocycles. The van der Waals surface area contributed by atoms with Crippen LogP contribution >= 0.6 is 0 Å². The monoisotopic (exact) mass is 189 g/mol. The van der Waals surface area contributed by atoms with Crippen LogP contribution in [0.4, 0.5) is 0 Å². The van der Waals surface area contributed by atoms with E-state index in [1.54, 1.807) is 6.08 Å². The van der Waals surface area contributed by atoms with Crippen molar-refractivity contribution in [2.75, 3.05) is 13.2 Å². The maximum atomic E-state index is 8.07. The molecule has 0 saturated heterocycles. The number of unbranched alkanes of at least 4 members (excludes halogenated alkanes) is 2. The lowest BCUT2D eigenvalue weighted by Gasteiger charge is -1.80. The van der Waals surface area contributed by atoms with Gasteiger partial charge in [-0.05, 0) is 26.3 Å². The van der Waals surface area contributed by atoms with Crippen molar-refractivity contribution in [2.24, 2.45) is 5.73 Å². The number of aliphatic hydroxyl groups excluding tert-OH is 1. The third-order valence-corrected chi connectivity index (χ3v) is 1.07. The Bertz CT molecular complexity index is 55.1. The molecule has 0 fully saturated rings. The average Bonchev–Trinajstić information content (AvgIpc) is 2.09. The predicted octanol–water partition coefficient (Wildman–Crippen LogP) is 2.72. The first-order chi connectivity index (χ1) is 6.24. The van der Waals surface area contributed by atoms with Gasteiger partial charge >= 0.3 is 0 Å². The highest BCUT2D eigenvalue weighted by Gasteiger charge is 1.69. The molecular weight excluding hydrogens is 162 g/mol. The lowest BCUT2D eigenvalue weighted by molar-refractivity contribution is 0.287. The first-order valence-electron chi connectivity index (χ1n) is 5.12. The minimum atomic E-state index is 0.344. The summed E-state index contributed by atoms with van der Waals surface area (Å²) < 4.78 is 0. The van der Waals surface area contributed by atoms with Gasteiger partial charge in [-0.15, -0.1) is 6.58 Å². The smallest absolute Gasteiger partial charge is 0.0430 e. The van der Waals surface area contributed by atoms with E-state index in [4.69, 9.17) is 10.8 Å². The maximum absolute atomic E-state index is 8.07. The van der Waals surface area contributed by atoms with Crippen LogP contribution in [0.1, 0.15) is 46.5 Å². The van der Waals surface area contributed by atoms with Gasteiger partial charge < -0.3 is 10.8 Å². The van der Waals surface area contributed by atoms with Gasteiger partial charge in [0.25, 0.3) is 0 Å². The first-order valence-corrected chi connectivity index (χ1v) is 5.12. The second kappa shape index (κ2) is 29.9. The normalized spacial score (nSPS) is 7.46. The zero-order valence-electron chi connectivity index (χ0n) is 9.55. The number of aliphatic hydroxyl groups is 1. The van der Waals surface area contributed by atoms with Gasteiger partial charge in [-0.3, -0.25) is 0 Å². The summed E-state index contributed by atoms with van der Waals surface area (Å²) >= 11 is 0. The molecule has 0 spiro atoms. The van der Waals surface area contributed by atoms with Gasteiger partial charge in [-0.1, -0.05) is 32.8 Å².